The van der Waals surface area contributed by atoms with Crippen molar-refractivity contribution in [2.24, 2.45) is 0 Å². The molecule has 1 amide bonds. The first-order valence-electron chi connectivity index (χ1n) is 10.4. The summed E-state index contributed by atoms with van der Waals surface area (Å²) in [5, 5.41) is 16.5. The van der Waals surface area contributed by atoms with Gasteiger partial charge in [0.2, 0.25) is 0 Å². The van der Waals surface area contributed by atoms with E-state index in [9.17, 15) is 9.59 Å². The number of fused-ring (bicyclic) bond motifs is 3. The van der Waals surface area contributed by atoms with E-state index in [-0.39, 0.29) is 30.4 Å². The lowest BCUT2D eigenvalue weighted by Crippen LogP contribution is -2.39. The highest BCUT2D eigenvalue weighted by molar-refractivity contribution is 5.84. The van der Waals surface area contributed by atoms with Gasteiger partial charge in [-0.15, -0.1) is 5.10 Å². The summed E-state index contributed by atoms with van der Waals surface area (Å²) in [7, 11) is 0. The fourth-order valence-electron chi connectivity index (χ4n) is 4.64. The van der Waals surface area contributed by atoms with E-state index in [4.69, 9.17) is 9.84 Å². The maximum absolute atomic E-state index is 12.9. The standard InChI is InChI=1S/C23H22N4O4/c28-22(29)21-13-26(25-24-21)12-15-6-5-11-27(15)23(30)31-14-20-18-9-3-1-7-16(18)17-8-2-4-10-19(17)20/h1-4,7-10,13,15,20H,5-6,11-12,14H2,(H,28,29). The maximum Gasteiger partial charge on any atom is 0.410 e. The molecule has 1 unspecified atom stereocenters. The number of carboxylic acids is 1. The van der Waals surface area contributed by atoms with Crippen LogP contribution in [0.15, 0.2) is 54.7 Å². The molecule has 0 bridgehead atoms. The van der Waals surface area contributed by atoms with Crippen molar-refractivity contribution in [1.82, 2.24) is 19.9 Å². The van der Waals surface area contributed by atoms with Crippen LogP contribution in [-0.2, 0) is 11.3 Å². The van der Waals surface area contributed by atoms with Crippen molar-refractivity contribution in [2.45, 2.75) is 31.3 Å². The van der Waals surface area contributed by atoms with Crippen LogP contribution >= 0.6 is 0 Å². The summed E-state index contributed by atoms with van der Waals surface area (Å²) in [6.45, 7) is 1.29. The Morgan fingerprint density at radius 2 is 1.74 bits per heavy atom. The van der Waals surface area contributed by atoms with E-state index in [0.29, 0.717) is 13.1 Å². The summed E-state index contributed by atoms with van der Waals surface area (Å²) in [6, 6.07) is 16.4. The molecule has 3 aromatic rings. The normalized spacial score (nSPS) is 17.4. The Bertz CT molecular complexity index is 1100. The Balaban J connectivity index is 1.27. The summed E-state index contributed by atoms with van der Waals surface area (Å²) in [6.07, 6.45) is 2.72. The molecular formula is C23H22N4O4. The van der Waals surface area contributed by atoms with E-state index < -0.39 is 5.97 Å². The lowest BCUT2D eigenvalue weighted by atomic mass is 9.98. The summed E-state index contributed by atoms with van der Waals surface area (Å²) >= 11 is 0. The van der Waals surface area contributed by atoms with Crippen LogP contribution < -0.4 is 0 Å². The molecule has 1 aromatic heterocycles. The van der Waals surface area contributed by atoms with Crippen LogP contribution in [0.5, 0.6) is 0 Å². The highest BCUT2D eigenvalue weighted by atomic mass is 16.6. The number of carbonyl (C=O) groups excluding carboxylic acids is 1. The highest BCUT2D eigenvalue weighted by Gasteiger charge is 2.33. The molecule has 0 saturated carbocycles. The number of ether oxygens (including phenoxy) is 1. The van der Waals surface area contributed by atoms with E-state index in [1.165, 1.54) is 33.1 Å². The Kier molecular flexibility index (Phi) is 4.89. The van der Waals surface area contributed by atoms with E-state index in [1.54, 1.807) is 4.90 Å². The molecule has 5 rings (SSSR count). The van der Waals surface area contributed by atoms with Gasteiger partial charge in [0, 0.05) is 12.5 Å². The summed E-state index contributed by atoms with van der Waals surface area (Å²) < 4.78 is 7.26. The molecule has 2 aliphatic rings. The molecule has 1 atom stereocenters. The Labute approximate surface area is 179 Å². The number of amides is 1. The second-order valence-corrected chi connectivity index (χ2v) is 7.92. The van der Waals surface area contributed by atoms with E-state index in [0.717, 1.165) is 12.8 Å². The van der Waals surface area contributed by atoms with Gasteiger partial charge in [0.15, 0.2) is 5.69 Å². The first kappa shape index (κ1) is 19.3. The first-order valence-corrected chi connectivity index (χ1v) is 10.4. The maximum atomic E-state index is 12.9. The number of aromatic carboxylic acids is 1. The minimum absolute atomic E-state index is 0.0193. The molecule has 8 heteroatoms. The molecule has 1 aliphatic carbocycles. The van der Waals surface area contributed by atoms with Crippen LogP contribution in [-0.4, -0.2) is 56.3 Å². The summed E-state index contributed by atoms with van der Waals surface area (Å²) in [5.74, 6) is -1.10. The average Bonchev–Trinajstić information content (AvgIpc) is 3.50. The Morgan fingerprint density at radius 1 is 1.06 bits per heavy atom. The van der Waals surface area contributed by atoms with E-state index in [2.05, 4.69) is 34.6 Å². The number of nitrogens with zero attached hydrogens (tertiary/aromatic N) is 4. The predicted molar refractivity (Wildman–Crippen MR) is 112 cm³/mol. The number of carbonyl (C=O) groups is 2. The number of hydrogen-bond acceptors (Lipinski definition) is 5. The highest BCUT2D eigenvalue weighted by Crippen LogP contribution is 2.44. The Hall–Kier alpha value is -3.68. The largest absolute Gasteiger partial charge is 0.476 e. The molecule has 1 fully saturated rings. The average molecular weight is 418 g/mol. The third kappa shape index (κ3) is 3.54. The van der Waals surface area contributed by atoms with Gasteiger partial charge in [-0.25, -0.2) is 14.3 Å². The zero-order valence-electron chi connectivity index (χ0n) is 16.8. The summed E-state index contributed by atoms with van der Waals surface area (Å²) in [5.41, 5.74) is 4.64. The molecular weight excluding hydrogens is 396 g/mol. The quantitative estimate of drug-likeness (QED) is 0.682. The fourth-order valence-corrected chi connectivity index (χ4v) is 4.64. The first-order chi connectivity index (χ1) is 15.1. The van der Waals surface area contributed by atoms with Gasteiger partial charge in [-0.2, -0.15) is 0 Å². The number of aromatic nitrogens is 3. The molecule has 0 spiro atoms. The fraction of sp³-hybridized carbons (Fsp3) is 0.304. The van der Waals surface area contributed by atoms with Gasteiger partial charge >= 0.3 is 12.1 Å². The number of likely N-dealkylation sites (tertiary alicyclic amines) is 1. The second-order valence-electron chi connectivity index (χ2n) is 7.92. The van der Waals surface area contributed by atoms with Crippen molar-refractivity contribution in [3.05, 3.63) is 71.5 Å². The minimum atomic E-state index is -1.12. The molecule has 1 N–H and O–H groups in total. The zero-order valence-corrected chi connectivity index (χ0v) is 16.8. The van der Waals surface area contributed by atoms with E-state index >= 15 is 0 Å². The number of rotatable bonds is 5. The van der Waals surface area contributed by atoms with Gasteiger partial charge < -0.3 is 14.7 Å². The van der Waals surface area contributed by atoms with Gasteiger partial charge in [-0.1, -0.05) is 53.7 Å². The number of benzene rings is 2. The van der Waals surface area contributed by atoms with Gasteiger partial charge in [0.25, 0.3) is 0 Å². The topological polar surface area (TPSA) is 97.5 Å². The third-order valence-electron chi connectivity index (χ3n) is 6.10. The van der Waals surface area contributed by atoms with Crippen LogP contribution in [0.25, 0.3) is 11.1 Å². The van der Waals surface area contributed by atoms with E-state index in [1.807, 2.05) is 24.3 Å². The van der Waals surface area contributed by atoms with Crippen LogP contribution in [0.2, 0.25) is 0 Å². The van der Waals surface area contributed by atoms with Crippen molar-refractivity contribution in [2.75, 3.05) is 13.2 Å². The SMILES string of the molecule is O=C(O)c1cn(CC2CCCN2C(=O)OCC2c3ccccc3-c3ccccc32)nn1. The second kappa shape index (κ2) is 7.86. The van der Waals surface area contributed by atoms with Crippen LogP contribution in [0, 0.1) is 0 Å². The molecule has 2 heterocycles. The number of hydrogen-bond donors (Lipinski definition) is 1. The monoisotopic (exact) mass is 418 g/mol. The molecule has 8 nitrogen and oxygen atoms in total. The molecule has 0 radical (unpaired) electrons. The van der Waals surface area contributed by atoms with Gasteiger partial charge in [-0.05, 0) is 35.1 Å². The predicted octanol–water partition coefficient (Wildman–Crippen LogP) is 3.39. The molecule has 1 saturated heterocycles. The van der Waals surface area contributed by atoms with Crippen LogP contribution in [0.4, 0.5) is 4.79 Å². The van der Waals surface area contributed by atoms with Crippen molar-refractivity contribution >= 4 is 12.1 Å². The third-order valence-corrected chi connectivity index (χ3v) is 6.10. The van der Waals surface area contributed by atoms with Crippen molar-refractivity contribution < 1.29 is 19.4 Å². The van der Waals surface area contributed by atoms with Gasteiger partial charge in [0.05, 0.1) is 18.8 Å². The lowest BCUT2D eigenvalue weighted by Gasteiger charge is -2.25. The minimum Gasteiger partial charge on any atom is -0.476 e. The molecule has 158 valence electrons. The number of carboxylic acid groups (broad SMARTS) is 1. The smallest absolute Gasteiger partial charge is 0.410 e. The van der Waals surface area contributed by atoms with Crippen molar-refractivity contribution in [3.63, 3.8) is 0 Å². The molecule has 2 aromatic carbocycles. The van der Waals surface area contributed by atoms with Gasteiger partial charge in [-0.3, -0.25) is 0 Å². The lowest BCUT2D eigenvalue weighted by molar-refractivity contribution is 0.0689. The van der Waals surface area contributed by atoms with Crippen molar-refractivity contribution in [1.29, 1.82) is 0 Å². The molecule has 1 aliphatic heterocycles. The molecule has 31 heavy (non-hydrogen) atoms. The Morgan fingerprint density at radius 3 is 2.39 bits per heavy atom. The van der Waals surface area contributed by atoms with Crippen LogP contribution in [0.3, 0.4) is 0 Å². The van der Waals surface area contributed by atoms with Crippen molar-refractivity contribution in [3.8, 4) is 11.1 Å². The van der Waals surface area contributed by atoms with Gasteiger partial charge in [0.1, 0.15) is 6.61 Å². The zero-order chi connectivity index (χ0) is 21.4. The summed E-state index contributed by atoms with van der Waals surface area (Å²) in [4.78, 5) is 25.6. The van der Waals surface area contributed by atoms with Crippen LogP contribution in [0.1, 0.15) is 40.4 Å².